The molecule has 1 amide bonds. The summed E-state index contributed by atoms with van der Waals surface area (Å²) >= 11 is 0. The summed E-state index contributed by atoms with van der Waals surface area (Å²) in [5.74, 6) is -2.85. The van der Waals surface area contributed by atoms with Crippen molar-refractivity contribution >= 4 is 28.5 Å². The quantitative estimate of drug-likeness (QED) is 0.635. The van der Waals surface area contributed by atoms with Crippen molar-refractivity contribution in [2.24, 2.45) is 5.41 Å². The third kappa shape index (κ3) is 2.55. The number of non-ortho nitro benzene ring substituents is 1. The number of aromatic amines is 1. The molecule has 2 aromatic rings. The molecule has 1 fully saturated rings. The molecule has 11 heteroatoms. The minimum Gasteiger partial charge on any atom is -0.481 e. The van der Waals surface area contributed by atoms with Gasteiger partial charge in [-0.15, -0.1) is 0 Å². The molecule has 0 saturated carbocycles. The molecule has 2 heterocycles. The predicted molar refractivity (Wildman–Crippen MR) is 81.6 cm³/mol. The van der Waals surface area contributed by atoms with Crippen molar-refractivity contribution in [3.05, 3.63) is 40.1 Å². The van der Waals surface area contributed by atoms with Crippen LogP contribution in [0.4, 0.5) is 18.9 Å². The lowest BCUT2D eigenvalue weighted by Gasteiger charge is -2.27. The number of hydrogen-bond acceptors (Lipinski definition) is 4. The van der Waals surface area contributed by atoms with E-state index in [-0.39, 0.29) is 23.2 Å². The summed E-state index contributed by atoms with van der Waals surface area (Å²) in [7, 11) is 0. The number of aromatic nitrogens is 1. The van der Waals surface area contributed by atoms with Crippen molar-refractivity contribution in [1.29, 1.82) is 0 Å². The van der Waals surface area contributed by atoms with Crippen LogP contribution in [0.1, 0.15) is 16.8 Å². The molecule has 0 bridgehead atoms. The number of carbonyl (C=O) groups excluding carboxylic acids is 1. The van der Waals surface area contributed by atoms with E-state index < -0.39 is 41.4 Å². The summed E-state index contributed by atoms with van der Waals surface area (Å²) in [5, 5.41) is 20.1. The van der Waals surface area contributed by atoms with Gasteiger partial charge in [0, 0.05) is 42.3 Å². The van der Waals surface area contributed by atoms with E-state index in [1.165, 1.54) is 18.3 Å². The van der Waals surface area contributed by atoms with E-state index in [4.69, 9.17) is 5.11 Å². The summed E-state index contributed by atoms with van der Waals surface area (Å²) in [6, 6.07) is 3.75. The van der Waals surface area contributed by atoms with Crippen molar-refractivity contribution in [3.8, 4) is 0 Å². The number of carboxylic acids is 1. The zero-order valence-electron chi connectivity index (χ0n) is 13.0. The van der Waals surface area contributed by atoms with Crippen LogP contribution in [0.15, 0.2) is 24.4 Å². The lowest BCUT2D eigenvalue weighted by Crippen LogP contribution is -2.47. The van der Waals surface area contributed by atoms with E-state index >= 15 is 0 Å². The maximum Gasteiger partial charge on any atom is 0.406 e. The third-order valence-electron chi connectivity index (χ3n) is 4.62. The molecule has 1 aromatic carbocycles. The monoisotopic (exact) mass is 371 g/mol. The molecule has 1 aliphatic heterocycles. The average Bonchev–Trinajstić information content (AvgIpc) is 3.18. The molecule has 2 N–H and O–H groups in total. The lowest BCUT2D eigenvalue weighted by molar-refractivity contribution is -0.384. The molecule has 1 saturated heterocycles. The predicted octanol–water partition coefficient (Wildman–Crippen LogP) is 2.56. The Labute approximate surface area is 143 Å². The highest BCUT2D eigenvalue weighted by molar-refractivity contribution is 6.07. The molecule has 8 nitrogen and oxygen atoms in total. The fourth-order valence-corrected chi connectivity index (χ4v) is 3.08. The fourth-order valence-electron chi connectivity index (χ4n) is 3.08. The van der Waals surface area contributed by atoms with Crippen molar-refractivity contribution < 1.29 is 32.8 Å². The number of nitrogens with zero attached hydrogens (tertiary/aromatic N) is 2. The van der Waals surface area contributed by atoms with Crippen molar-refractivity contribution in [2.75, 3.05) is 13.1 Å². The van der Waals surface area contributed by atoms with Gasteiger partial charge in [-0.2, -0.15) is 13.2 Å². The summed E-state index contributed by atoms with van der Waals surface area (Å²) in [4.78, 5) is 37.6. The number of nitro benzene ring substituents is 1. The number of rotatable bonds is 3. The van der Waals surface area contributed by atoms with Crippen LogP contribution in [0.3, 0.4) is 0 Å². The SMILES string of the molecule is O=C(c1c[nH]c2ccc([N+](=O)[O-])cc12)N1CCC(C(=O)O)(C(F)(F)F)C1. The van der Waals surface area contributed by atoms with Gasteiger partial charge in [0.25, 0.3) is 11.6 Å². The first-order chi connectivity index (χ1) is 12.1. The van der Waals surface area contributed by atoms with E-state index in [2.05, 4.69) is 4.98 Å². The maximum absolute atomic E-state index is 13.2. The smallest absolute Gasteiger partial charge is 0.406 e. The van der Waals surface area contributed by atoms with E-state index in [1.807, 2.05) is 0 Å². The second-order valence-electron chi connectivity index (χ2n) is 6.05. The Balaban J connectivity index is 1.96. The van der Waals surface area contributed by atoms with Gasteiger partial charge in [-0.3, -0.25) is 19.7 Å². The van der Waals surface area contributed by atoms with Crippen molar-refractivity contribution in [3.63, 3.8) is 0 Å². The number of carboxylic acid groups (broad SMARTS) is 1. The van der Waals surface area contributed by atoms with Gasteiger partial charge in [0.05, 0.1) is 10.5 Å². The number of likely N-dealkylation sites (tertiary alicyclic amines) is 1. The molecule has 0 spiro atoms. The molecule has 1 atom stereocenters. The van der Waals surface area contributed by atoms with Crippen LogP contribution in [0.25, 0.3) is 10.9 Å². The first-order valence-corrected chi connectivity index (χ1v) is 7.42. The van der Waals surface area contributed by atoms with Gasteiger partial charge in [0.1, 0.15) is 0 Å². The van der Waals surface area contributed by atoms with Gasteiger partial charge < -0.3 is 15.0 Å². The average molecular weight is 371 g/mol. The van der Waals surface area contributed by atoms with Crippen LogP contribution in [-0.4, -0.2) is 51.1 Å². The summed E-state index contributed by atoms with van der Waals surface area (Å²) < 4.78 is 39.7. The first kappa shape index (κ1) is 17.7. The maximum atomic E-state index is 13.2. The first-order valence-electron chi connectivity index (χ1n) is 7.42. The number of H-pyrrole nitrogens is 1. The summed E-state index contributed by atoms with van der Waals surface area (Å²) in [6.45, 7) is -1.39. The largest absolute Gasteiger partial charge is 0.481 e. The Morgan fingerprint density at radius 1 is 1.35 bits per heavy atom. The standard InChI is InChI=1S/C15H12F3N3O5/c16-15(17,18)14(13(23)24)3-4-20(7-14)12(22)10-6-19-11-2-1-8(21(25)26)5-9(10)11/h1-2,5-6,19H,3-4,7H2,(H,23,24). The number of alkyl halides is 3. The minimum atomic E-state index is -5.01. The highest BCUT2D eigenvalue weighted by Crippen LogP contribution is 2.46. The second-order valence-corrected chi connectivity index (χ2v) is 6.05. The van der Waals surface area contributed by atoms with Crippen LogP contribution in [0, 0.1) is 15.5 Å². The topological polar surface area (TPSA) is 117 Å². The van der Waals surface area contributed by atoms with E-state index in [0.29, 0.717) is 5.52 Å². The highest BCUT2D eigenvalue weighted by Gasteiger charge is 2.64. The molecule has 0 radical (unpaired) electrons. The second kappa shape index (κ2) is 5.71. The third-order valence-corrected chi connectivity index (χ3v) is 4.62. The number of aliphatic carboxylic acids is 1. The van der Waals surface area contributed by atoms with E-state index in [1.54, 1.807) is 0 Å². The fraction of sp³-hybridized carbons (Fsp3) is 0.333. The molecule has 0 aliphatic carbocycles. The number of nitrogens with one attached hydrogen (secondary N) is 1. The van der Waals surface area contributed by atoms with Crippen LogP contribution >= 0.6 is 0 Å². The van der Waals surface area contributed by atoms with Crippen LogP contribution in [0.5, 0.6) is 0 Å². The van der Waals surface area contributed by atoms with Crippen molar-refractivity contribution in [2.45, 2.75) is 12.6 Å². The number of fused-ring (bicyclic) bond motifs is 1. The number of amides is 1. The van der Waals surface area contributed by atoms with Gasteiger partial charge in [-0.1, -0.05) is 0 Å². The van der Waals surface area contributed by atoms with Crippen molar-refractivity contribution in [1.82, 2.24) is 9.88 Å². The number of nitro groups is 1. The molecular weight excluding hydrogens is 359 g/mol. The number of benzene rings is 1. The zero-order valence-corrected chi connectivity index (χ0v) is 13.0. The Morgan fingerprint density at radius 3 is 2.58 bits per heavy atom. The van der Waals surface area contributed by atoms with Gasteiger partial charge in [-0.25, -0.2) is 0 Å². The normalized spacial score (nSPS) is 20.5. The number of carbonyl (C=O) groups is 2. The lowest BCUT2D eigenvalue weighted by atomic mass is 9.86. The Hall–Kier alpha value is -3.11. The Kier molecular flexibility index (Phi) is 3.89. The molecule has 26 heavy (non-hydrogen) atoms. The minimum absolute atomic E-state index is 0.0490. The van der Waals surface area contributed by atoms with Gasteiger partial charge in [0.15, 0.2) is 5.41 Å². The molecule has 1 aliphatic rings. The van der Waals surface area contributed by atoms with E-state index in [0.717, 1.165) is 11.0 Å². The van der Waals surface area contributed by atoms with Crippen LogP contribution in [-0.2, 0) is 4.79 Å². The van der Waals surface area contributed by atoms with E-state index in [9.17, 15) is 32.9 Å². The summed E-state index contributed by atoms with van der Waals surface area (Å²) in [6.07, 6.45) is -4.52. The molecule has 3 rings (SSSR count). The molecule has 1 unspecified atom stereocenters. The van der Waals surface area contributed by atoms with Crippen LogP contribution in [0.2, 0.25) is 0 Å². The number of hydrogen-bond donors (Lipinski definition) is 2. The number of halogens is 3. The zero-order chi connectivity index (χ0) is 19.3. The summed E-state index contributed by atoms with van der Waals surface area (Å²) in [5.41, 5.74) is -2.94. The van der Waals surface area contributed by atoms with Gasteiger partial charge >= 0.3 is 12.1 Å². The van der Waals surface area contributed by atoms with Gasteiger partial charge in [-0.05, 0) is 12.5 Å². The molecule has 1 aromatic heterocycles. The van der Waals surface area contributed by atoms with Crippen LogP contribution < -0.4 is 0 Å². The molecule has 138 valence electrons. The highest BCUT2D eigenvalue weighted by atomic mass is 19.4. The molecular formula is C15H12F3N3O5. The Bertz CT molecular complexity index is 923. The Morgan fingerprint density at radius 2 is 2.04 bits per heavy atom. The van der Waals surface area contributed by atoms with Gasteiger partial charge in [0.2, 0.25) is 0 Å².